The van der Waals surface area contributed by atoms with E-state index in [4.69, 9.17) is 0 Å². The molecule has 4 nitrogen and oxygen atoms in total. The molecule has 3 rings (SSSR count). The number of nitrogens with one attached hydrogen (secondary N) is 2. The first kappa shape index (κ1) is 20.1. The van der Waals surface area contributed by atoms with Gasteiger partial charge in [0.1, 0.15) is 0 Å². The molecule has 6 heteroatoms. The van der Waals surface area contributed by atoms with Crippen molar-refractivity contribution in [1.82, 2.24) is 10.6 Å². The number of halogens is 2. The number of urea groups is 1. The number of hydrogen-bond acceptors (Lipinski definition) is 2. The molecule has 2 aromatic rings. The maximum absolute atomic E-state index is 13.4. The molecule has 1 aliphatic rings. The lowest BCUT2D eigenvalue weighted by atomic mass is 9.98. The molecule has 2 unspecified atom stereocenters. The summed E-state index contributed by atoms with van der Waals surface area (Å²) in [5, 5.41) is 5.83. The summed E-state index contributed by atoms with van der Waals surface area (Å²) in [7, 11) is 0. The number of benzene rings is 2. The number of anilines is 1. The van der Waals surface area contributed by atoms with Crippen molar-refractivity contribution in [3.63, 3.8) is 0 Å². The Hall–Kier alpha value is -2.63. The normalized spacial score (nSPS) is 17.4. The first-order valence-corrected chi connectivity index (χ1v) is 9.79. The molecule has 0 aromatic heterocycles. The highest BCUT2D eigenvalue weighted by molar-refractivity contribution is 5.73. The third-order valence-corrected chi connectivity index (χ3v) is 5.34. The van der Waals surface area contributed by atoms with Crippen LogP contribution in [0, 0.1) is 17.6 Å². The summed E-state index contributed by atoms with van der Waals surface area (Å²) in [5.74, 6) is -0.981. The maximum atomic E-state index is 13.4. The molecule has 150 valence electrons. The van der Waals surface area contributed by atoms with Gasteiger partial charge in [-0.25, -0.2) is 13.6 Å². The van der Waals surface area contributed by atoms with Gasteiger partial charge >= 0.3 is 6.03 Å². The van der Waals surface area contributed by atoms with E-state index in [-0.39, 0.29) is 6.03 Å². The molecule has 2 N–H and O–H groups in total. The van der Waals surface area contributed by atoms with Crippen LogP contribution in [0.2, 0.25) is 0 Å². The quantitative estimate of drug-likeness (QED) is 0.745. The van der Waals surface area contributed by atoms with Gasteiger partial charge in [-0.05, 0) is 42.4 Å². The molecule has 1 heterocycles. The van der Waals surface area contributed by atoms with Crippen molar-refractivity contribution in [1.29, 1.82) is 0 Å². The second kappa shape index (κ2) is 9.53. The molecular weight excluding hydrogens is 360 g/mol. The van der Waals surface area contributed by atoms with E-state index in [9.17, 15) is 13.6 Å². The van der Waals surface area contributed by atoms with Gasteiger partial charge in [0.25, 0.3) is 0 Å². The van der Waals surface area contributed by atoms with Crippen LogP contribution in [0.1, 0.15) is 31.2 Å². The topological polar surface area (TPSA) is 44.4 Å². The highest BCUT2D eigenvalue weighted by Crippen LogP contribution is 2.25. The zero-order chi connectivity index (χ0) is 19.9. The minimum atomic E-state index is -0.834. The van der Waals surface area contributed by atoms with Gasteiger partial charge in [0.05, 0.1) is 0 Å². The summed E-state index contributed by atoms with van der Waals surface area (Å²) in [6.45, 7) is 4.83. The SMILES string of the molecule is CC(CCNC(=O)NCC1CCN(c2ccc(F)c(F)c2)C1)c1ccccc1. The minimum Gasteiger partial charge on any atom is -0.371 e. The van der Waals surface area contributed by atoms with E-state index in [0.29, 0.717) is 30.6 Å². The molecule has 2 atom stereocenters. The number of rotatable bonds is 7. The van der Waals surface area contributed by atoms with Gasteiger partial charge in [-0.2, -0.15) is 0 Å². The van der Waals surface area contributed by atoms with Gasteiger partial charge in [0.2, 0.25) is 0 Å². The number of amides is 2. The number of nitrogens with zero attached hydrogens (tertiary/aromatic N) is 1. The van der Waals surface area contributed by atoms with E-state index in [2.05, 4.69) is 29.7 Å². The number of hydrogen-bond donors (Lipinski definition) is 2. The van der Waals surface area contributed by atoms with Crippen LogP contribution in [0.5, 0.6) is 0 Å². The first-order valence-electron chi connectivity index (χ1n) is 9.79. The van der Waals surface area contributed by atoms with Crippen LogP contribution in [0.3, 0.4) is 0 Å². The summed E-state index contributed by atoms with van der Waals surface area (Å²) in [4.78, 5) is 14.0. The predicted molar refractivity (Wildman–Crippen MR) is 108 cm³/mol. The maximum Gasteiger partial charge on any atom is 0.314 e. The van der Waals surface area contributed by atoms with Crippen LogP contribution in [0.25, 0.3) is 0 Å². The van der Waals surface area contributed by atoms with Gasteiger partial charge in [-0.3, -0.25) is 0 Å². The molecule has 1 saturated heterocycles. The van der Waals surface area contributed by atoms with E-state index in [1.165, 1.54) is 11.6 Å². The number of carbonyl (C=O) groups excluding carboxylic acids is 1. The Morgan fingerprint density at radius 3 is 2.68 bits per heavy atom. The average molecular weight is 387 g/mol. The van der Waals surface area contributed by atoms with Crippen LogP contribution in [0.15, 0.2) is 48.5 Å². The van der Waals surface area contributed by atoms with Gasteiger partial charge < -0.3 is 15.5 Å². The third kappa shape index (κ3) is 5.44. The number of carbonyl (C=O) groups is 1. The molecule has 2 aromatic carbocycles. The molecule has 28 heavy (non-hydrogen) atoms. The lowest BCUT2D eigenvalue weighted by molar-refractivity contribution is 0.239. The predicted octanol–water partition coefficient (Wildman–Crippen LogP) is 4.28. The molecule has 1 fully saturated rings. The summed E-state index contributed by atoms with van der Waals surface area (Å²) in [5.41, 5.74) is 1.95. The van der Waals surface area contributed by atoms with E-state index in [1.54, 1.807) is 6.07 Å². The van der Waals surface area contributed by atoms with Gasteiger partial charge in [-0.1, -0.05) is 37.3 Å². The van der Waals surface area contributed by atoms with Crippen LogP contribution < -0.4 is 15.5 Å². The summed E-state index contributed by atoms with van der Waals surface area (Å²) in [6, 6.07) is 14.1. The standard InChI is InChI=1S/C22H27F2N3O/c1-16(18-5-3-2-4-6-18)9-11-25-22(28)26-14-17-10-12-27(15-17)19-7-8-20(23)21(24)13-19/h2-8,13,16-17H,9-12,14-15H2,1H3,(H2,25,26,28). The van der Waals surface area contributed by atoms with Crippen molar-refractivity contribution in [2.75, 3.05) is 31.1 Å². The van der Waals surface area contributed by atoms with Crippen LogP contribution in [0.4, 0.5) is 19.3 Å². The molecule has 0 radical (unpaired) electrons. The summed E-state index contributed by atoms with van der Waals surface area (Å²) in [6.07, 6.45) is 1.79. The van der Waals surface area contributed by atoms with Crippen molar-refractivity contribution < 1.29 is 13.6 Å². The Kier molecular flexibility index (Phi) is 6.85. The molecule has 0 spiro atoms. The van der Waals surface area contributed by atoms with E-state index >= 15 is 0 Å². The lowest BCUT2D eigenvalue weighted by Gasteiger charge is -2.19. The second-order valence-corrected chi connectivity index (χ2v) is 7.44. The van der Waals surface area contributed by atoms with E-state index < -0.39 is 11.6 Å². The van der Waals surface area contributed by atoms with Crippen LogP contribution in [-0.4, -0.2) is 32.2 Å². The minimum absolute atomic E-state index is 0.161. The van der Waals surface area contributed by atoms with Crippen molar-refractivity contribution in [2.45, 2.75) is 25.7 Å². The van der Waals surface area contributed by atoms with Crippen molar-refractivity contribution >= 4 is 11.7 Å². The summed E-state index contributed by atoms with van der Waals surface area (Å²) < 4.78 is 26.5. The molecule has 0 saturated carbocycles. The molecule has 1 aliphatic heterocycles. The van der Waals surface area contributed by atoms with Crippen molar-refractivity contribution in [2.24, 2.45) is 5.92 Å². The molecule has 0 aliphatic carbocycles. The van der Waals surface area contributed by atoms with Crippen LogP contribution >= 0.6 is 0 Å². The Bertz CT molecular complexity index is 785. The van der Waals surface area contributed by atoms with Gasteiger partial charge in [-0.15, -0.1) is 0 Å². The molecule has 2 amide bonds. The van der Waals surface area contributed by atoms with Crippen molar-refractivity contribution in [3.05, 3.63) is 65.7 Å². The average Bonchev–Trinajstić information content (AvgIpc) is 3.18. The van der Waals surface area contributed by atoms with Crippen LogP contribution in [-0.2, 0) is 0 Å². The fraction of sp³-hybridized carbons (Fsp3) is 0.409. The fourth-order valence-corrected chi connectivity index (χ4v) is 3.57. The summed E-state index contributed by atoms with van der Waals surface area (Å²) >= 11 is 0. The van der Waals surface area contributed by atoms with E-state index in [0.717, 1.165) is 32.0 Å². The lowest BCUT2D eigenvalue weighted by Crippen LogP contribution is -2.39. The fourth-order valence-electron chi connectivity index (χ4n) is 3.57. The van der Waals surface area contributed by atoms with Gasteiger partial charge in [0, 0.05) is 37.9 Å². The molecule has 0 bridgehead atoms. The third-order valence-electron chi connectivity index (χ3n) is 5.34. The van der Waals surface area contributed by atoms with E-state index in [1.807, 2.05) is 23.1 Å². The van der Waals surface area contributed by atoms with Crippen molar-refractivity contribution in [3.8, 4) is 0 Å². The Balaban J connectivity index is 1.35. The Morgan fingerprint density at radius 1 is 1.14 bits per heavy atom. The second-order valence-electron chi connectivity index (χ2n) is 7.44. The zero-order valence-electron chi connectivity index (χ0n) is 16.1. The smallest absolute Gasteiger partial charge is 0.314 e. The molecular formula is C22H27F2N3O. The Labute approximate surface area is 164 Å². The first-order chi connectivity index (χ1) is 13.5. The Morgan fingerprint density at radius 2 is 1.93 bits per heavy atom. The highest BCUT2D eigenvalue weighted by Gasteiger charge is 2.23. The highest BCUT2D eigenvalue weighted by atomic mass is 19.2. The monoisotopic (exact) mass is 387 g/mol. The van der Waals surface area contributed by atoms with Gasteiger partial charge in [0.15, 0.2) is 11.6 Å². The largest absolute Gasteiger partial charge is 0.371 e. The zero-order valence-corrected chi connectivity index (χ0v) is 16.1.